The topological polar surface area (TPSA) is 55.3 Å². The summed E-state index contributed by atoms with van der Waals surface area (Å²) in [5, 5.41) is 1.02. The highest BCUT2D eigenvalue weighted by atomic mass is 16.5. The highest BCUT2D eigenvalue weighted by molar-refractivity contribution is 5.94. The Morgan fingerprint density at radius 2 is 2.25 bits per heavy atom. The molecule has 0 N–H and O–H groups in total. The van der Waals surface area contributed by atoms with E-state index in [1.807, 2.05) is 30.0 Å². The Labute approximate surface area is 117 Å². The molecule has 20 heavy (non-hydrogen) atoms. The summed E-state index contributed by atoms with van der Waals surface area (Å²) >= 11 is 0. The van der Waals surface area contributed by atoms with Crippen LogP contribution in [0.5, 0.6) is 0 Å². The SMILES string of the molecule is COC(=O)[C@@H]1CCCN1c1ncnc2cccc(C)c12. The molecule has 5 nitrogen and oxygen atoms in total. The van der Waals surface area contributed by atoms with Crippen LogP contribution in [0.25, 0.3) is 10.9 Å². The van der Waals surface area contributed by atoms with Crippen molar-refractivity contribution in [3.05, 3.63) is 30.1 Å². The fraction of sp³-hybridized carbons (Fsp3) is 0.400. The molecule has 0 saturated carbocycles. The number of nitrogens with zero attached hydrogens (tertiary/aromatic N) is 3. The van der Waals surface area contributed by atoms with Gasteiger partial charge in [-0.05, 0) is 31.4 Å². The lowest BCUT2D eigenvalue weighted by Crippen LogP contribution is -2.37. The number of esters is 1. The minimum Gasteiger partial charge on any atom is -0.467 e. The van der Waals surface area contributed by atoms with Crippen molar-refractivity contribution >= 4 is 22.7 Å². The van der Waals surface area contributed by atoms with Gasteiger partial charge in [-0.15, -0.1) is 0 Å². The summed E-state index contributed by atoms with van der Waals surface area (Å²) in [5.74, 6) is 0.642. The average molecular weight is 271 g/mol. The van der Waals surface area contributed by atoms with Gasteiger partial charge in [-0.1, -0.05) is 12.1 Å². The lowest BCUT2D eigenvalue weighted by atomic mass is 10.1. The molecule has 0 amide bonds. The maximum Gasteiger partial charge on any atom is 0.328 e. The fourth-order valence-corrected chi connectivity index (χ4v) is 2.88. The first-order valence-electron chi connectivity index (χ1n) is 6.77. The Morgan fingerprint density at radius 3 is 3.05 bits per heavy atom. The monoisotopic (exact) mass is 271 g/mol. The van der Waals surface area contributed by atoms with E-state index in [1.54, 1.807) is 6.33 Å². The van der Waals surface area contributed by atoms with E-state index >= 15 is 0 Å². The van der Waals surface area contributed by atoms with Crippen LogP contribution in [0.15, 0.2) is 24.5 Å². The zero-order valence-electron chi connectivity index (χ0n) is 11.7. The molecule has 1 aliphatic heterocycles. The zero-order chi connectivity index (χ0) is 14.1. The van der Waals surface area contributed by atoms with Crippen molar-refractivity contribution in [3.8, 4) is 0 Å². The number of hydrogen-bond acceptors (Lipinski definition) is 5. The number of anilines is 1. The summed E-state index contributed by atoms with van der Waals surface area (Å²) in [6, 6.07) is 5.75. The van der Waals surface area contributed by atoms with E-state index < -0.39 is 0 Å². The predicted molar refractivity (Wildman–Crippen MR) is 76.7 cm³/mol. The molecule has 2 aromatic rings. The number of fused-ring (bicyclic) bond motifs is 1. The van der Waals surface area contributed by atoms with Crippen LogP contribution < -0.4 is 4.90 Å². The van der Waals surface area contributed by atoms with Gasteiger partial charge in [-0.3, -0.25) is 0 Å². The molecule has 1 fully saturated rings. The van der Waals surface area contributed by atoms with E-state index in [2.05, 4.69) is 9.97 Å². The number of hydrogen-bond donors (Lipinski definition) is 0. The van der Waals surface area contributed by atoms with Crippen molar-refractivity contribution in [2.45, 2.75) is 25.8 Å². The van der Waals surface area contributed by atoms with Crippen molar-refractivity contribution in [2.24, 2.45) is 0 Å². The van der Waals surface area contributed by atoms with E-state index in [4.69, 9.17) is 4.74 Å². The molecule has 3 rings (SSSR count). The summed E-state index contributed by atoms with van der Waals surface area (Å²) in [6.07, 6.45) is 3.34. The number of aromatic nitrogens is 2. The van der Waals surface area contributed by atoms with Crippen LogP contribution >= 0.6 is 0 Å². The molecule has 2 heterocycles. The van der Waals surface area contributed by atoms with Crippen molar-refractivity contribution in [1.82, 2.24) is 9.97 Å². The highest BCUT2D eigenvalue weighted by Crippen LogP contribution is 2.31. The number of benzene rings is 1. The van der Waals surface area contributed by atoms with Gasteiger partial charge in [0.05, 0.1) is 12.6 Å². The van der Waals surface area contributed by atoms with Crippen LogP contribution in [0.2, 0.25) is 0 Å². The molecule has 1 aliphatic rings. The van der Waals surface area contributed by atoms with Gasteiger partial charge >= 0.3 is 5.97 Å². The number of rotatable bonds is 2. The molecule has 1 saturated heterocycles. The molecule has 0 spiro atoms. The Bertz CT molecular complexity index is 651. The zero-order valence-corrected chi connectivity index (χ0v) is 11.7. The molecule has 0 unspecified atom stereocenters. The van der Waals surface area contributed by atoms with Gasteiger partial charge in [0.25, 0.3) is 0 Å². The predicted octanol–water partition coefficient (Wildman–Crippen LogP) is 2.08. The average Bonchev–Trinajstić information content (AvgIpc) is 2.95. The van der Waals surface area contributed by atoms with E-state index in [9.17, 15) is 4.79 Å². The van der Waals surface area contributed by atoms with Crippen LogP contribution in [0.3, 0.4) is 0 Å². The van der Waals surface area contributed by atoms with Gasteiger partial charge in [0.2, 0.25) is 0 Å². The summed E-state index contributed by atoms with van der Waals surface area (Å²) < 4.78 is 4.90. The third-order valence-electron chi connectivity index (χ3n) is 3.85. The van der Waals surface area contributed by atoms with Crippen molar-refractivity contribution in [1.29, 1.82) is 0 Å². The summed E-state index contributed by atoms with van der Waals surface area (Å²) in [6.45, 7) is 2.86. The molecule has 1 aromatic carbocycles. The number of ether oxygens (including phenoxy) is 1. The number of carbonyl (C=O) groups excluding carboxylic acids is 1. The normalized spacial score (nSPS) is 18.5. The van der Waals surface area contributed by atoms with Crippen LogP contribution in [-0.4, -0.2) is 35.6 Å². The van der Waals surface area contributed by atoms with Crippen molar-refractivity contribution in [2.75, 3.05) is 18.6 Å². The summed E-state index contributed by atoms with van der Waals surface area (Å²) in [4.78, 5) is 22.7. The molecule has 1 atom stereocenters. The lowest BCUT2D eigenvalue weighted by Gasteiger charge is -2.25. The Kier molecular flexibility index (Phi) is 3.26. The fourth-order valence-electron chi connectivity index (χ4n) is 2.88. The van der Waals surface area contributed by atoms with Crippen LogP contribution in [0.1, 0.15) is 18.4 Å². The van der Waals surface area contributed by atoms with Gasteiger partial charge in [-0.25, -0.2) is 14.8 Å². The molecule has 104 valence electrons. The molecule has 1 aromatic heterocycles. The van der Waals surface area contributed by atoms with E-state index in [0.717, 1.165) is 41.7 Å². The number of aryl methyl sites for hydroxylation is 1. The second-order valence-corrected chi connectivity index (χ2v) is 5.04. The third-order valence-corrected chi connectivity index (χ3v) is 3.85. The van der Waals surface area contributed by atoms with Crippen LogP contribution in [-0.2, 0) is 9.53 Å². The summed E-state index contributed by atoms with van der Waals surface area (Å²) in [7, 11) is 1.43. The van der Waals surface area contributed by atoms with E-state index in [1.165, 1.54) is 7.11 Å². The van der Waals surface area contributed by atoms with Gasteiger partial charge in [0.1, 0.15) is 18.2 Å². The third kappa shape index (κ3) is 1.99. The number of methoxy groups -OCH3 is 1. The minimum atomic E-state index is -0.238. The molecule has 0 bridgehead atoms. The smallest absolute Gasteiger partial charge is 0.328 e. The van der Waals surface area contributed by atoms with Gasteiger partial charge in [-0.2, -0.15) is 0 Å². The molecular weight excluding hydrogens is 254 g/mol. The first kappa shape index (κ1) is 12.8. The second kappa shape index (κ2) is 5.07. The van der Waals surface area contributed by atoms with Crippen LogP contribution in [0.4, 0.5) is 5.82 Å². The van der Waals surface area contributed by atoms with Gasteiger partial charge in [0.15, 0.2) is 0 Å². The molecule has 0 aliphatic carbocycles. The quantitative estimate of drug-likeness (QED) is 0.783. The van der Waals surface area contributed by atoms with Crippen molar-refractivity contribution < 1.29 is 9.53 Å². The Morgan fingerprint density at radius 1 is 1.40 bits per heavy atom. The van der Waals surface area contributed by atoms with E-state index in [-0.39, 0.29) is 12.0 Å². The summed E-state index contributed by atoms with van der Waals surface area (Å²) in [5.41, 5.74) is 2.03. The van der Waals surface area contributed by atoms with Gasteiger partial charge < -0.3 is 9.64 Å². The minimum absolute atomic E-state index is 0.192. The van der Waals surface area contributed by atoms with E-state index in [0.29, 0.717) is 0 Å². The Balaban J connectivity index is 2.12. The standard InChI is InChI=1S/C15H17N3O2/c1-10-5-3-6-11-13(10)14(17-9-16-11)18-8-4-7-12(18)15(19)20-2/h3,5-6,9,12H,4,7-8H2,1-2H3/t12-/m0/s1. The first-order valence-corrected chi connectivity index (χ1v) is 6.77. The molecule has 0 radical (unpaired) electrons. The Hall–Kier alpha value is -2.17. The number of carbonyl (C=O) groups is 1. The second-order valence-electron chi connectivity index (χ2n) is 5.04. The highest BCUT2D eigenvalue weighted by Gasteiger charge is 2.33. The first-order chi connectivity index (χ1) is 9.72. The largest absolute Gasteiger partial charge is 0.467 e. The lowest BCUT2D eigenvalue weighted by molar-refractivity contribution is -0.141. The molecular formula is C15H17N3O2. The van der Waals surface area contributed by atoms with Gasteiger partial charge in [0, 0.05) is 11.9 Å². The maximum absolute atomic E-state index is 11.9. The maximum atomic E-state index is 11.9. The van der Waals surface area contributed by atoms with Crippen molar-refractivity contribution in [3.63, 3.8) is 0 Å². The van der Waals surface area contributed by atoms with Crippen LogP contribution in [0, 0.1) is 6.92 Å². The molecule has 5 heteroatoms.